The number of carbonyl (C=O) groups excluding carboxylic acids is 2. The van der Waals surface area contributed by atoms with E-state index >= 15 is 0 Å². The number of rotatable bonds is 7. The van der Waals surface area contributed by atoms with Crippen LogP contribution in [-0.2, 0) is 4.79 Å². The van der Waals surface area contributed by atoms with Gasteiger partial charge in [-0.1, -0.05) is 17.7 Å². The molecule has 2 rings (SSSR count). The first-order valence-electron chi connectivity index (χ1n) is 9.19. The second kappa shape index (κ2) is 11.0. The van der Waals surface area contributed by atoms with Crippen LogP contribution in [0.4, 0.5) is 0 Å². The van der Waals surface area contributed by atoms with Gasteiger partial charge in [0.25, 0.3) is 11.8 Å². The zero-order valence-corrected chi connectivity index (χ0v) is 18.8. The minimum Gasteiger partial charge on any atom is -0.493 e. The summed E-state index contributed by atoms with van der Waals surface area (Å²) in [7, 11) is 4.35. The molecule has 0 saturated heterocycles. The Morgan fingerprint density at radius 3 is 2.10 bits per heavy atom. The topological polar surface area (TPSA) is 107 Å². The van der Waals surface area contributed by atoms with Crippen LogP contribution in [0.5, 0.6) is 23.0 Å². The Balaban J connectivity index is 1.89. The Labute approximate surface area is 186 Å². The van der Waals surface area contributed by atoms with Gasteiger partial charge in [-0.3, -0.25) is 25.8 Å². The zero-order valence-electron chi connectivity index (χ0n) is 18.0. The smallest absolute Gasteiger partial charge is 0.276 e. The second-order valence-electron chi connectivity index (χ2n) is 6.43. The third-order valence-electron chi connectivity index (χ3n) is 4.16. The molecule has 0 fully saturated rings. The molecule has 2 aromatic rings. The van der Waals surface area contributed by atoms with Crippen molar-refractivity contribution in [1.29, 1.82) is 0 Å². The molecule has 2 aromatic carbocycles. The van der Waals surface area contributed by atoms with Crippen LogP contribution in [-0.4, -0.2) is 44.9 Å². The lowest BCUT2D eigenvalue weighted by Crippen LogP contribution is -2.49. The average Bonchev–Trinajstić information content (AvgIpc) is 2.75. The summed E-state index contributed by atoms with van der Waals surface area (Å²) in [5.41, 5.74) is 7.07. The number of methoxy groups -OCH3 is 3. The van der Waals surface area contributed by atoms with Crippen LogP contribution in [0.1, 0.15) is 21.5 Å². The van der Waals surface area contributed by atoms with E-state index in [2.05, 4.69) is 16.2 Å². The molecule has 166 valence electrons. The number of hydrazine groups is 1. The molecule has 0 radical (unpaired) electrons. The van der Waals surface area contributed by atoms with E-state index in [4.69, 9.17) is 31.2 Å². The molecule has 0 spiro atoms. The van der Waals surface area contributed by atoms with Gasteiger partial charge in [0.05, 0.1) is 21.3 Å². The molecule has 0 bridgehead atoms. The van der Waals surface area contributed by atoms with Crippen LogP contribution in [0.25, 0.3) is 0 Å². The maximum atomic E-state index is 12.5. The summed E-state index contributed by atoms with van der Waals surface area (Å²) >= 11 is 5.05. The Bertz CT molecular complexity index is 955. The number of hydrogen-bond acceptors (Lipinski definition) is 7. The van der Waals surface area contributed by atoms with Crippen molar-refractivity contribution in [2.24, 2.45) is 0 Å². The van der Waals surface area contributed by atoms with Crippen molar-refractivity contribution in [2.75, 3.05) is 27.9 Å². The molecule has 0 heterocycles. The van der Waals surface area contributed by atoms with E-state index < -0.39 is 11.8 Å². The number of amides is 2. The number of aryl methyl sites for hydroxylation is 2. The molecule has 0 aliphatic heterocycles. The van der Waals surface area contributed by atoms with Crippen molar-refractivity contribution >= 4 is 29.1 Å². The molecule has 10 heteroatoms. The summed E-state index contributed by atoms with van der Waals surface area (Å²) in [6.07, 6.45) is 0. The van der Waals surface area contributed by atoms with Gasteiger partial charge in [0, 0.05) is 5.56 Å². The minimum absolute atomic E-state index is 0.0985. The molecule has 0 atom stereocenters. The average molecular weight is 448 g/mol. The summed E-state index contributed by atoms with van der Waals surface area (Å²) in [6.45, 7) is 3.65. The highest BCUT2D eigenvalue weighted by Gasteiger charge is 2.18. The highest BCUT2D eigenvalue weighted by atomic mass is 32.1. The molecular formula is C21H25N3O6S. The molecular weight excluding hydrogens is 422 g/mol. The van der Waals surface area contributed by atoms with Gasteiger partial charge in [0.1, 0.15) is 5.75 Å². The van der Waals surface area contributed by atoms with Gasteiger partial charge in [0.15, 0.2) is 23.2 Å². The Morgan fingerprint density at radius 1 is 0.903 bits per heavy atom. The first-order chi connectivity index (χ1) is 14.8. The normalized spacial score (nSPS) is 9.97. The van der Waals surface area contributed by atoms with Gasteiger partial charge >= 0.3 is 0 Å². The van der Waals surface area contributed by atoms with Gasteiger partial charge in [0.2, 0.25) is 5.75 Å². The molecule has 9 nitrogen and oxygen atoms in total. The van der Waals surface area contributed by atoms with Crippen LogP contribution in [0.2, 0.25) is 0 Å². The van der Waals surface area contributed by atoms with E-state index in [9.17, 15) is 9.59 Å². The van der Waals surface area contributed by atoms with Gasteiger partial charge < -0.3 is 18.9 Å². The lowest BCUT2D eigenvalue weighted by Gasteiger charge is -2.15. The molecule has 0 aliphatic rings. The molecule has 0 unspecified atom stereocenters. The Kier molecular flexibility index (Phi) is 8.44. The second-order valence-corrected chi connectivity index (χ2v) is 6.84. The van der Waals surface area contributed by atoms with Crippen molar-refractivity contribution in [1.82, 2.24) is 16.2 Å². The third kappa shape index (κ3) is 6.48. The predicted octanol–water partition coefficient (Wildman–Crippen LogP) is 2.04. The van der Waals surface area contributed by atoms with E-state index in [-0.39, 0.29) is 17.3 Å². The molecule has 3 N–H and O–H groups in total. The van der Waals surface area contributed by atoms with Crippen molar-refractivity contribution in [3.63, 3.8) is 0 Å². The number of ether oxygens (including phenoxy) is 4. The Morgan fingerprint density at radius 2 is 1.55 bits per heavy atom. The summed E-state index contributed by atoms with van der Waals surface area (Å²) in [5, 5.41) is 2.36. The number of benzene rings is 2. The number of nitrogens with one attached hydrogen (secondary N) is 3. The van der Waals surface area contributed by atoms with Crippen molar-refractivity contribution < 1.29 is 28.5 Å². The fourth-order valence-electron chi connectivity index (χ4n) is 2.69. The van der Waals surface area contributed by atoms with E-state index in [1.54, 1.807) is 6.07 Å². The standard InChI is InChI=1S/C21H25N3O6S/c1-12-6-7-15(13(2)8-12)30-11-18(25)23-24-21(31)22-20(26)14-9-16(27-3)19(29-5)17(10-14)28-4/h6-10H,11H2,1-5H3,(H,23,25)(H2,22,24,26,31). The quantitative estimate of drug-likeness (QED) is 0.437. The fraction of sp³-hybridized carbons (Fsp3) is 0.286. The van der Waals surface area contributed by atoms with Crippen molar-refractivity contribution in [3.05, 3.63) is 47.0 Å². The monoisotopic (exact) mass is 447 g/mol. The van der Waals surface area contributed by atoms with Gasteiger partial charge in [-0.15, -0.1) is 0 Å². The molecule has 0 aliphatic carbocycles. The lowest BCUT2D eigenvalue weighted by atomic mass is 10.1. The fourth-order valence-corrected chi connectivity index (χ4v) is 2.83. The molecule has 2 amide bonds. The summed E-state index contributed by atoms with van der Waals surface area (Å²) in [6, 6.07) is 8.62. The SMILES string of the molecule is COc1cc(C(=O)NC(=S)NNC(=O)COc2ccc(C)cc2C)cc(OC)c1OC. The highest BCUT2D eigenvalue weighted by Crippen LogP contribution is 2.38. The molecule has 0 saturated carbocycles. The largest absolute Gasteiger partial charge is 0.493 e. The Hall–Kier alpha value is -3.53. The maximum Gasteiger partial charge on any atom is 0.276 e. The van der Waals surface area contributed by atoms with Crippen molar-refractivity contribution in [2.45, 2.75) is 13.8 Å². The zero-order chi connectivity index (χ0) is 23.0. The third-order valence-corrected chi connectivity index (χ3v) is 4.36. The van der Waals surface area contributed by atoms with Crippen molar-refractivity contribution in [3.8, 4) is 23.0 Å². The van der Waals surface area contributed by atoms with E-state index in [0.717, 1.165) is 11.1 Å². The van der Waals surface area contributed by atoms with Crippen LogP contribution >= 0.6 is 12.2 Å². The van der Waals surface area contributed by atoms with Gasteiger partial charge in [-0.25, -0.2) is 0 Å². The number of carbonyl (C=O) groups is 2. The van der Waals surface area contributed by atoms with Crippen LogP contribution < -0.4 is 35.1 Å². The summed E-state index contributed by atoms with van der Waals surface area (Å²) in [4.78, 5) is 24.5. The molecule has 0 aromatic heterocycles. The first kappa shape index (κ1) is 23.7. The number of thiocarbonyl (C=S) groups is 1. The molecule has 31 heavy (non-hydrogen) atoms. The summed E-state index contributed by atoms with van der Waals surface area (Å²) in [5.74, 6) is 0.615. The van der Waals surface area contributed by atoms with E-state index in [1.807, 2.05) is 26.0 Å². The summed E-state index contributed by atoms with van der Waals surface area (Å²) < 4.78 is 21.2. The van der Waals surface area contributed by atoms with Crippen LogP contribution in [0, 0.1) is 13.8 Å². The number of hydrogen-bond donors (Lipinski definition) is 3. The lowest BCUT2D eigenvalue weighted by molar-refractivity contribution is -0.123. The first-order valence-corrected chi connectivity index (χ1v) is 9.60. The van der Waals surface area contributed by atoms with Crippen LogP contribution in [0.3, 0.4) is 0 Å². The highest BCUT2D eigenvalue weighted by molar-refractivity contribution is 7.80. The minimum atomic E-state index is -0.530. The maximum absolute atomic E-state index is 12.5. The van der Waals surface area contributed by atoms with E-state index in [1.165, 1.54) is 33.5 Å². The van der Waals surface area contributed by atoms with E-state index in [0.29, 0.717) is 23.0 Å². The van der Waals surface area contributed by atoms with Gasteiger partial charge in [-0.2, -0.15) is 0 Å². The predicted molar refractivity (Wildman–Crippen MR) is 119 cm³/mol. The van der Waals surface area contributed by atoms with Crippen LogP contribution in [0.15, 0.2) is 30.3 Å². The van der Waals surface area contributed by atoms with Gasteiger partial charge in [-0.05, 0) is 49.8 Å².